The molecule has 1 unspecified atom stereocenters. The third-order valence-electron chi connectivity index (χ3n) is 2.93. The molecule has 1 atom stereocenters. The van der Waals surface area contributed by atoms with Gasteiger partial charge in [-0.15, -0.1) is 0 Å². The Morgan fingerprint density at radius 2 is 2.31 bits per heavy atom. The molecule has 0 aliphatic heterocycles. The van der Waals surface area contributed by atoms with Crippen molar-refractivity contribution in [1.29, 1.82) is 0 Å². The normalized spacial score (nSPS) is 19.2. The molecule has 1 heterocycles. The summed E-state index contributed by atoms with van der Waals surface area (Å²) >= 11 is 5.78. The van der Waals surface area contributed by atoms with Gasteiger partial charge in [-0.3, -0.25) is 0 Å². The van der Waals surface area contributed by atoms with Crippen LogP contribution in [-0.2, 0) is 0 Å². The number of hydrogen-bond donors (Lipinski definition) is 3. The largest absolute Gasteiger partial charge is 0.394 e. The third kappa shape index (κ3) is 2.36. The van der Waals surface area contributed by atoms with Crippen LogP contribution in [0.15, 0.2) is 6.07 Å². The first-order chi connectivity index (χ1) is 7.53. The minimum atomic E-state index is -0.357. The number of nitrogens with two attached hydrogens (primary N) is 1. The van der Waals surface area contributed by atoms with E-state index in [1.165, 1.54) is 0 Å². The van der Waals surface area contributed by atoms with Crippen molar-refractivity contribution in [1.82, 2.24) is 9.97 Å². The van der Waals surface area contributed by atoms with Gasteiger partial charge in [0, 0.05) is 6.07 Å². The van der Waals surface area contributed by atoms with Crippen LogP contribution >= 0.6 is 11.6 Å². The highest BCUT2D eigenvalue weighted by molar-refractivity contribution is 6.29. The lowest BCUT2D eigenvalue weighted by Crippen LogP contribution is -2.41. The molecule has 1 fully saturated rings. The summed E-state index contributed by atoms with van der Waals surface area (Å²) < 4.78 is 0. The second-order valence-electron chi connectivity index (χ2n) is 4.41. The smallest absolute Gasteiger partial charge is 0.223 e. The lowest BCUT2D eigenvalue weighted by atomic mass is 9.97. The van der Waals surface area contributed by atoms with Gasteiger partial charge >= 0.3 is 0 Å². The predicted octanol–water partition coefficient (Wildman–Crippen LogP) is 1.29. The molecular weight excluding hydrogens is 228 g/mol. The van der Waals surface area contributed by atoms with Gasteiger partial charge in [0.1, 0.15) is 11.0 Å². The first kappa shape index (κ1) is 11.4. The van der Waals surface area contributed by atoms with E-state index in [0.717, 1.165) is 12.8 Å². The van der Waals surface area contributed by atoms with Crippen LogP contribution in [0.2, 0.25) is 5.15 Å². The Hall–Kier alpha value is -1.07. The maximum absolute atomic E-state index is 9.43. The second kappa shape index (κ2) is 4.07. The molecular formula is C10H15ClN4O. The van der Waals surface area contributed by atoms with Crippen LogP contribution < -0.4 is 11.1 Å². The van der Waals surface area contributed by atoms with Gasteiger partial charge in [0.2, 0.25) is 5.95 Å². The zero-order chi connectivity index (χ0) is 11.8. The molecule has 0 radical (unpaired) electrons. The van der Waals surface area contributed by atoms with Crippen molar-refractivity contribution in [3.63, 3.8) is 0 Å². The van der Waals surface area contributed by atoms with Crippen molar-refractivity contribution in [3.05, 3.63) is 11.2 Å². The van der Waals surface area contributed by atoms with Crippen molar-refractivity contribution in [2.24, 2.45) is 5.92 Å². The summed E-state index contributed by atoms with van der Waals surface area (Å²) in [6.07, 6.45) is 2.25. The molecule has 0 saturated heterocycles. The van der Waals surface area contributed by atoms with Crippen LogP contribution in [0.5, 0.6) is 0 Å². The third-order valence-corrected chi connectivity index (χ3v) is 3.13. The first-order valence-corrected chi connectivity index (χ1v) is 5.60. The monoisotopic (exact) mass is 242 g/mol. The van der Waals surface area contributed by atoms with Crippen LogP contribution in [0.25, 0.3) is 0 Å². The lowest BCUT2D eigenvalue weighted by molar-refractivity contribution is 0.205. The Labute approximate surface area is 99.0 Å². The maximum atomic E-state index is 9.43. The second-order valence-corrected chi connectivity index (χ2v) is 4.80. The number of nitrogen functional groups attached to an aromatic ring is 1. The molecule has 4 N–H and O–H groups in total. The lowest BCUT2D eigenvalue weighted by Gasteiger charge is -2.29. The van der Waals surface area contributed by atoms with Crippen molar-refractivity contribution in [3.8, 4) is 0 Å². The number of rotatable bonds is 4. The summed E-state index contributed by atoms with van der Waals surface area (Å²) in [7, 11) is 0. The molecule has 88 valence electrons. The molecule has 1 aromatic rings. The van der Waals surface area contributed by atoms with Gasteiger partial charge in [-0.1, -0.05) is 11.6 Å². The quantitative estimate of drug-likeness (QED) is 0.693. The topological polar surface area (TPSA) is 84.1 Å². The number of anilines is 2. The van der Waals surface area contributed by atoms with E-state index in [-0.39, 0.29) is 18.1 Å². The number of nitrogens with zero attached hydrogens (tertiary/aromatic N) is 2. The Bertz CT molecular complexity index is 376. The van der Waals surface area contributed by atoms with E-state index in [2.05, 4.69) is 15.3 Å². The van der Waals surface area contributed by atoms with E-state index in [1.807, 2.05) is 6.92 Å². The number of nitrogens with one attached hydrogen (secondary N) is 1. The van der Waals surface area contributed by atoms with Crippen LogP contribution in [0, 0.1) is 5.92 Å². The molecule has 6 heteroatoms. The van der Waals surface area contributed by atoms with Crippen LogP contribution in [-0.4, -0.2) is 27.2 Å². The fourth-order valence-corrected chi connectivity index (χ4v) is 1.97. The van der Waals surface area contributed by atoms with Crippen molar-refractivity contribution < 1.29 is 5.11 Å². The fraction of sp³-hybridized carbons (Fsp3) is 0.600. The maximum Gasteiger partial charge on any atom is 0.223 e. The van der Waals surface area contributed by atoms with Gasteiger partial charge in [0.05, 0.1) is 12.1 Å². The number of aliphatic hydroxyl groups excluding tert-OH is 1. The van der Waals surface area contributed by atoms with Crippen LogP contribution in [0.1, 0.15) is 19.8 Å². The minimum absolute atomic E-state index is 0.0548. The highest BCUT2D eigenvalue weighted by Crippen LogP contribution is 2.41. The number of halogens is 1. The van der Waals surface area contributed by atoms with Crippen molar-refractivity contribution in [2.75, 3.05) is 17.7 Å². The highest BCUT2D eigenvalue weighted by Gasteiger charge is 2.41. The molecule has 0 amide bonds. The molecule has 0 spiro atoms. The van der Waals surface area contributed by atoms with Crippen molar-refractivity contribution in [2.45, 2.75) is 25.3 Å². The van der Waals surface area contributed by atoms with Crippen LogP contribution in [0.4, 0.5) is 11.8 Å². The Balaban J connectivity index is 2.18. The fourth-order valence-electron chi connectivity index (χ4n) is 1.78. The summed E-state index contributed by atoms with van der Waals surface area (Å²) in [5.41, 5.74) is 5.15. The summed E-state index contributed by atoms with van der Waals surface area (Å²) in [4.78, 5) is 7.82. The molecule has 16 heavy (non-hydrogen) atoms. The molecule has 0 aromatic carbocycles. The SMILES string of the molecule is CC(CO)(Nc1cc(Cl)nc(N)n1)C1CC1. The molecule has 5 nitrogen and oxygen atoms in total. The number of aliphatic hydroxyl groups is 1. The van der Waals surface area contributed by atoms with E-state index in [9.17, 15) is 5.11 Å². The average Bonchev–Trinajstić information content (AvgIpc) is 2.98. The van der Waals surface area contributed by atoms with Gasteiger partial charge in [-0.25, -0.2) is 4.98 Å². The summed E-state index contributed by atoms with van der Waals surface area (Å²) in [5, 5.41) is 12.9. The van der Waals surface area contributed by atoms with Crippen LogP contribution in [0.3, 0.4) is 0 Å². The molecule has 1 aromatic heterocycles. The van der Waals surface area contributed by atoms with E-state index in [1.54, 1.807) is 6.07 Å². The first-order valence-electron chi connectivity index (χ1n) is 5.22. The molecule has 1 saturated carbocycles. The predicted molar refractivity (Wildman–Crippen MR) is 63.3 cm³/mol. The zero-order valence-electron chi connectivity index (χ0n) is 9.07. The van der Waals surface area contributed by atoms with Gasteiger partial charge < -0.3 is 16.2 Å². The molecule has 2 rings (SSSR count). The molecule has 1 aliphatic carbocycles. The van der Waals surface area contributed by atoms with Gasteiger partial charge in [-0.05, 0) is 25.7 Å². The Kier molecular flexibility index (Phi) is 2.90. The van der Waals surface area contributed by atoms with E-state index < -0.39 is 0 Å². The Morgan fingerprint density at radius 1 is 1.62 bits per heavy atom. The number of hydrogen-bond acceptors (Lipinski definition) is 5. The summed E-state index contributed by atoms with van der Waals surface area (Å²) in [6.45, 7) is 2.02. The summed E-state index contributed by atoms with van der Waals surface area (Å²) in [5.74, 6) is 1.17. The summed E-state index contributed by atoms with van der Waals surface area (Å²) in [6, 6.07) is 1.61. The van der Waals surface area contributed by atoms with E-state index >= 15 is 0 Å². The standard InChI is InChI=1S/C10H15ClN4O/c1-10(5-16,6-2-3-6)15-8-4-7(11)13-9(12)14-8/h4,6,16H,2-3,5H2,1H3,(H3,12,13,14,15). The minimum Gasteiger partial charge on any atom is -0.394 e. The van der Waals surface area contributed by atoms with Crippen molar-refractivity contribution >= 4 is 23.4 Å². The van der Waals surface area contributed by atoms with Gasteiger partial charge in [0.25, 0.3) is 0 Å². The van der Waals surface area contributed by atoms with E-state index in [4.69, 9.17) is 17.3 Å². The average molecular weight is 243 g/mol. The van der Waals surface area contributed by atoms with E-state index in [0.29, 0.717) is 16.9 Å². The molecule has 1 aliphatic rings. The highest BCUT2D eigenvalue weighted by atomic mass is 35.5. The number of aromatic nitrogens is 2. The van der Waals surface area contributed by atoms with Gasteiger partial charge in [0.15, 0.2) is 0 Å². The molecule has 0 bridgehead atoms. The van der Waals surface area contributed by atoms with Gasteiger partial charge in [-0.2, -0.15) is 4.98 Å². The zero-order valence-corrected chi connectivity index (χ0v) is 9.83. The Morgan fingerprint density at radius 3 is 2.81 bits per heavy atom.